The summed E-state index contributed by atoms with van der Waals surface area (Å²) < 4.78 is 11.0. The molecule has 2 aromatic rings. The van der Waals surface area contributed by atoms with Gasteiger partial charge in [-0.25, -0.2) is 4.79 Å². The molecule has 9 nitrogen and oxygen atoms in total. The standard InChI is InChI=1S/C29H32N4O5/c1-29(2,3)38-28(36)33-22-10-8-20(13-22)26(33)27(35)31-21(15-30)12-17-4-6-18(7-5-17)19-9-11-24-23(14-19)32-25(34)16-37-24/h4-7,9,11,14,20-22,26H,8,10,12-13,16H2,1-3H3,(H,31,35)(H,32,34). The normalized spacial score (nSPS) is 22.5. The van der Waals surface area contributed by atoms with Crippen molar-refractivity contribution in [2.75, 3.05) is 11.9 Å². The summed E-state index contributed by atoms with van der Waals surface area (Å²) in [5, 5.41) is 15.5. The zero-order valence-electron chi connectivity index (χ0n) is 21.8. The highest BCUT2D eigenvalue weighted by molar-refractivity contribution is 5.96. The molecule has 2 heterocycles. The number of hydrogen-bond acceptors (Lipinski definition) is 6. The number of amides is 3. The largest absolute Gasteiger partial charge is 0.482 e. The second-order valence-electron chi connectivity index (χ2n) is 11.2. The van der Waals surface area contributed by atoms with E-state index < -0.39 is 23.8 Å². The van der Waals surface area contributed by atoms with Crippen LogP contribution >= 0.6 is 0 Å². The first kappa shape index (κ1) is 25.6. The van der Waals surface area contributed by atoms with E-state index in [2.05, 4.69) is 16.7 Å². The molecule has 1 saturated carbocycles. The van der Waals surface area contributed by atoms with Crippen molar-refractivity contribution in [3.05, 3.63) is 48.0 Å². The molecule has 1 aliphatic carbocycles. The van der Waals surface area contributed by atoms with Gasteiger partial charge < -0.3 is 20.1 Å². The van der Waals surface area contributed by atoms with E-state index >= 15 is 0 Å². The first-order chi connectivity index (χ1) is 18.1. The van der Waals surface area contributed by atoms with Gasteiger partial charge in [-0.2, -0.15) is 5.26 Å². The Balaban J connectivity index is 1.24. The van der Waals surface area contributed by atoms with E-state index in [1.165, 1.54) is 0 Å². The van der Waals surface area contributed by atoms with Crippen molar-refractivity contribution < 1.29 is 23.9 Å². The molecular formula is C29H32N4O5. The van der Waals surface area contributed by atoms with Crippen LogP contribution in [0.15, 0.2) is 42.5 Å². The predicted octanol–water partition coefficient (Wildman–Crippen LogP) is 4.02. The molecule has 198 valence electrons. The Morgan fingerprint density at radius 1 is 1.18 bits per heavy atom. The number of benzene rings is 2. The van der Waals surface area contributed by atoms with Crippen LogP contribution in [0, 0.1) is 17.2 Å². The van der Waals surface area contributed by atoms with Crippen molar-refractivity contribution in [2.24, 2.45) is 5.92 Å². The molecule has 3 amide bonds. The molecule has 3 aliphatic rings. The van der Waals surface area contributed by atoms with Crippen molar-refractivity contribution in [3.8, 4) is 22.9 Å². The van der Waals surface area contributed by atoms with Gasteiger partial charge in [-0.05, 0) is 74.8 Å². The number of likely N-dealkylation sites (tertiary alicyclic amines) is 1. The Hall–Kier alpha value is -4.06. The second-order valence-corrected chi connectivity index (χ2v) is 11.2. The fourth-order valence-corrected chi connectivity index (χ4v) is 5.62. The van der Waals surface area contributed by atoms with Crippen molar-refractivity contribution in [1.82, 2.24) is 10.2 Å². The van der Waals surface area contributed by atoms with Crippen LogP contribution in [0.2, 0.25) is 0 Å². The number of rotatable bonds is 5. The van der Waals surface area contributed by atoms with Crippen molar-refractivity contribution in [1.29, 1.82) is 5.26 Å². The lowest BCUT2D eigenvalue weighted by Gasteiger charge is -2.35. The number of nitrogens with zero attached hydrogens (tertiary/aromatic N) is 2. The molecule has 9 heteroatoms. The van der Waals surface area contributed by atoms with Crippen LogP contribution in [0.4, 0.5) is 10.5 Å². The molecule has 1 saturated heterocycles. The highest BCUT2D eigenvalue weighted by Crippen LogP contribution is 2.43. The van der Waals surface area contributed by atoms with Crippen molar-refractivity contribution in [3.63, 3.8) is 0 Å². The van der Waals surface area contributed by atoms with Crippen LogP contribution in [-0.2, 0) is 20.7 Å². The second kappa shape index (κ2) is 10.0. The van der Waals surface area contributed by atoms with E-state index in [4.69, 9.17) is 9.47 Å². The molecule has 4 unspecified atom stereocenters. The maximum atomic E-state index is 13.3. The third kappa shape index (κ3) is 5.30. The minimum atomic E-state index is -0.732. The third-order valence-corrected chi connectivity index (χ3v) is 7.27. The number of ether oxygens (including phenoxy) is 2. The Kier molecular flexibility index (Phi) is 6.74. The molecule has 5 rings (SSSR count). The van der Waals surface area contributed by atoms with E-state index in [1.807, 2.05) is 63.2 Å². The van der Waals surface area contributed by atoms with Crippen LogP contribution in [0.25, 0.3) is 11.1 Å². The van der Waals surface area contributed by atoms with Gasteiger partial charge in [0.25, 0.3) is 5.91 Å². The van der Waals surface area contributed by atoms with Gasteiger partial charge in [0.1, 0.15) is 23.4 Å². The summed E-state index contributed by atoms with van der Waals surface area (Å²) >= 11 is 0. The summed E-state index contributed by atoms with van der Waals surface area (Å²) in [4.78, 5) is 39.4. The van der Waals surface area contributed by atoms with E-state index in [0.717, 1.165) is 36.0 Å². The van der Waals surface area contributed by atoms with E-state index in [9.17, 15) is 19.6 Å². The van der Waals surface area contributed by atoms with Crippen LogP contribution in [0.5, 0.6) is 5.75 Å². The lowest BCUT2D eigenvalue weighted by atomic mass is 9.97. The Bertz CT molecular complexity index is 1290. The molecule has 0 spiro atoms. The zero-order chi connectivity index (χ0) is 27.0. The topological polar surface area (TPSA) is 121 Å². The van der Waals surface area contributed by atoms with Gasteiger partial charge >= 0.3 is 6.09 Å². The molecule has 38 heavy (non-hydrogen) atoms. The number of nitrogens with one attached hydrogen (secondary N) is 2. The first-order valence-corrected chi connectivity index (χ1v) is 13.0. The fourth-order valence-electron chi connectivity index (χ4n) is 5.62. The minimum absolute atomic E-state index is 0.00200. The van der Waals surface area contributed by atoms with Crippen LogP contribution in [0.1, 0.15) is 45.6 Å². The van der Waals surface area contributed by atoms with E-state index in [1.54, 1.807) is 4.90 Å². The number of anilines is 1. The quantitative estimate of drug-likeness (QED) is 0.619. The average Bonchev–Trinajstić information content (AvgIpc) is 3.49. The van der Waals surface area contributed by atoms with E-state index in [-0.39, 0.29) is 30.4 Å². The molecular weight excluding hydrogens is 484 g/mol. The molecule has 0 radical (unpaired) electrons. The highest BCUT2D eigenvalue weighted by Gasteiger charge is 2.52. The van der Waals surface area contributed by atoms with Crippen LogP contribution in [0.3, 0.4) is 0 Å². The van der Waals surface area contributed by atoms with Gasteiger partial charge in [-0.1, -0.05) is 30.3 Å². The summed E-state index contributed by atoms with van der Waals surface area (Å²) in [6.07, 6.45) is 2.41. The molecule has 2 aliphatic heterocycles. The lowest BCUT2D eigenvalue weighted by Crippen LogP contribution is -2.55. The fraction of sp³-hybridized carbons (Fsp3) is 0.448. The minimum Gasteiger partial charge on any atom is -0.482 e. The smallest absolute Gasteiger partial charge is 0.411 e. The molecule has 2 aromatic carbocycles. The van der Waals surface area contributed by atoms with Gasteiger partial charge in [0.15, 0.2) is 6.61 Å². The summed E-state index contributed by atoms with van der Waals surface area (Å²) in [6.45, 7) is 5.44. The summed E-state index contributed by atoms with van der Waals surface area (Å²) in [7, 11) is 0. The van der Waals surface area contributed by atoms with Crippen molar-refractivity contribution >= 4 is 23.6 Å². The summed E-state index contributed by atoms with van der Waals surface area (Å²) in [6, 6.07) is 14.2. The summed E-state index contributed by atoms with van der Waals surface area (Å²) in [5.74, 6) is 0.232. The number of carbonyl (C=O) groups excluding carboxylic acids is 3. The Morgan fingerprint density at radius 3 is 2.63 bits per heavy atom. The molecule has 0 aromatic heterocycles. The molecule has 2 bridgehead atoms. The molecule has 2 N–H and O–H groups in total. The van der Waals surface area contributed by atoms with Gasteiger partial charge in [0.2, 0.25) is 5.91 Å². The number of fused-ring (bicyclic) bond motifs is 3. The Labute approximate surface area is 222 Å². The third-order valence-electron chi connectivity index (χ3n) is 7.27. The maximum absolute atomic E-state index is 13.3. The SMILES string of the molecule is CC(C)(C)OC(=O)N1C2CCC(C2)C1C(=O)NC(C#N)Cc1ccc(-c2ccc3c(c2)NC(=O)CO3)cc1. The molecule has 4 atom stereocenters. The first-order valence-electron chi connectivity index (χ1n) is 13.0. The predicted molar refractivity (Wildman–Crippen MR) is 140 cm³/mol. The van der Waals surface area contributed by atoms with Gasteiger partial charge in [0, 0.05) is 12.5 Å². The number of piperidine rings is 1. The maximum Gasteiger partial charge on any atom is 0.411 e. The Morgan fingerprint density at radius 2 is 1.92 bits per heavy atom. The van der Waals surface area contributed by atoms with Crippen LogP contribution < -0.4 is 15.4 Å². The van der Waals surface area contributed by atoms with Crippen molar-refractivity contribution in [2.45, 2.75) is 70.2 Å². The number of hydrogen-bond donors (Lipinski definition) is 2. The van der Waals surface area contributed by atoms with Crippen LogP contribution in [-0.4, -0.2) is 53.1 Å². The van der Waals surface area contributed by atoms with Gasteiger partial charge in [0.05, 0.1) is 11.8 Å². The van der Waals surface area contributed by atoms with E-state index in [0.29, 0.717) is 17.9 Å². The monoisotopic (exact) mass is 516 g/mol. The highest BCUT2D eigenvalue weighted by atomic mass is 16.6. The lowest BCUT2D eigenvalue weighted by molar-refractivity contribution is -0.128. The number of nitriles is 1. The van der Waals surface area contributed by atoms with Gasteiger partial charge in [-0.3, -0.25) is 14.5 Å². The van der Waals surface area contributed by atoms with Gasteiger partial charge in [-0.15, -0.1) is 0 Å². The summed E-state index contributed by atoms with van der Waals surface area (Å²) in [5.41, 5.74) is 2.75. The molecule has 2 fully saturated rings. The zero-order valence-corrected chi connectivity index (χ0v) is 21.8. The average molecular weight is 517 g/mol. The number of carbonyl (C=O) groups is 3.